The average Bonchev–Trinajstić information content (AvgIpc) is 2.35. The van der Waals surface area contributed by atoms with Gasteiger partial charge in [0.1, 0.15) is 0 Å². The number of hydrogen-bond acceptors (Lipinski definition) is 4. The van der Waals surface area contributed by atoms with Crippen molar-refractivity contribution in [2.45, 2.75) is 6.92 Å². The molecule has 0 amide bonds. The molecule has 0 fully saturated rings. The highest BCUT2D eigenvalue weighted by Crippen LogP contribution is 2.39. The summed E-state index contributed by atoms with van der Waals surface area (Å²) in [7, 11) is 4.60. The van der Waals surface area contributed by atoms with Crippen LogP contribution in [0.15, 0.2) is 18.2 Å². The zero-order chi connectivity index (χ0) is 13.7. The van der Waals surface area contributed by atoms with Crippen molar-refractivity contribution >= 4 is 22.4 Å². The van der Waals surface area contributed by atoms with Gasteiger partial charge in [-0.05, 0) is 41.8 Å². The summed E-state index contributed by atoms with van der Waals surface area (Å²) in [6, 6.07) is 3.51. The highest BCUT2D eigenvalue weighted by Gasteiger charge is 2.13. The summed E-state index contributed by atoms with van der Waals surface area (Å²) in [6.45, 7) is 1.78. The molecule has 1 aromatic rings. The molecule has 0 saturated heterocycles. The number of carbonyl (C=O) groups is 1. The van der Waals surface area contributed by atoms with Crippen LogP contribution in [0.1, 0.15) is 12.5 Å². The summed E-state index contributed by atoms with van der Waals surface area (Å²) >= 11 is 5.33. The summed E-state index contributed by atoms with van der Waals surface area (Å²) in [4.78, 5) is 10.9. The Hall–Kier alpha value is -1.68. The molecule has 0 aliphatic heterocycles. The molecular formula is C13H15ClO4. The molecule has 0 heterocycles. The van der Waals surface area contributed by atoms with E-state index in [0.29, 0.717) is 22.8 Å². The predicted molar refractivity (Wildman–Crippen MR) is 70.6 cm³/mol. The lowest BCUT2D eigenvalue weighted by atomic mass is 10.1. The maximum absolute atomic E-state index is 10.9. The number of allylic oxidation sites excluding steroid dienone is 2. The second-order valence-electron chi connectivity index (χ2n) is 3.55. The molecule has 98 valence electrons. The molecule has 0 radical (unpaired) electrons. The average molecular weight is 271 g/mol. The van der Waals surface area contributed by atoms with E-state index < -0.39 is 5.24 Å². The van der Waals surface area contributed by atoms with Gasteiger partial charge >= 0.3 is 0 Å². The van der Waals surface area contributed by atoms with Crippen LogP contribution in [0.5, 0.6) is 17.2 Å². The fourth-order valence-corrected chi connectivity index (χ4v) is 1.73. The predicted octanol–water partition coefficient (Wildman–Crippen LogP) is 2.88. The van der Waals surface area contributed by atoms with Gasteiger partial charge in [-0.1, -0.05) is 0 Å². The van der Waals surface area contributed by atoms with E-state index in [-0.39, 0.29) is 0 Å². The zero-order valence-corrected chi connectivity index (χ0v) is 11.5. The normalized spacial score (nSPS) is 11.1. The molecule has 18 heavy (non-hydrogen) atoms. The number of carbonyl (C=O) groups excluding carboxylic acids is 1. The first-order valence-corrected chi connectivity index (χ1v) is 5.59. The van der Waals surface area contributed by atoms with Crippen LogP contribution in [0, 0.1) is 0 Å². The standard InChI is InChI=1S/C13H15ClO4/c1-8(5-12(14)15)9-6-10(16-2)13(18-4)11(7-9)17-3/h5-7H,1-4H3. The first-order chi connectivity index (χ1) is 8.53. The monoisotopic (exact) mass is 270 g/mol. The van der Waals surface area contributed by atoms with Gasteiger partial charge in [-0.2, -0.15) is 0 Å². The first kappa shape index (κ1) is 14.4. The molecule has 0 spiro atoms. The Labute approximate surface area is 111 Å². The highest BCUT2D eigenvalue weighted by atomic mass is 35.5. The summed E-state index contributed by atoms with van der Waals surface area (Å²) in [6.07, 6.45) is 1.34. The number of halogens is 1. The minimum absolute atomic E-state index is 0.508. The van der Waals surface area contributed by atoms with Crippen LogP contribution in [0.4, 0.5) is 0 Å². The molecule has 0 aliphatic carbocycles. The number of ether oxygens (including phenoxy) is 3. The summed E-state index contributed by atoms with van der Waals surface area (Å²) in [5.74, 6) is 1.57. The number of hydrogen-bond donors (Lipinski definition) is 0. The van der Waals surface area contributed by atoms with Gasteiger partial charge in [0.15, 0.2) is 11.5 Å². The third kappa shape index (κ3) is 3.17. The molecule has 0 saturated carbocycles. The summed E-state index contributed by atoms with van der Waals surface area (Å²) < 4.78 is 15.7. The maximum atomic E-state index is 10.9. The summed E-state index contributed by atoms with van der Waals surface area (Å²) in [5.41, 5.74) is 1.49. The molecule has 4 nitrogen and oxygen atoms in total. The van der Waals surface area contributed by atoms with Crippen molar-refractivity contribution in [2.75, 3.05) is 21.3 Å². The topological polar surface area (TPSA) is 44.8 Å². The largest absolute Gasteiger partial charge is 0.493 e. The Morgan fingerprint density at radius 3 is 1.94 bits per heavy atom. The van der Waals surface area contributed by atoms with Gasteiger partial charge in [0.25, 0.3) is 0 Å². The highest BCUT2D eigenvalue weighted by molar-refractivity contribution is 6.67. The van der Waals surface area contributed by atoms with E-state index in [4.69, 9.17) is 25.8 Å². The van der Waals surface area contributed by atoms with Crippen molar-refractivity contribution < 1.29 is 19.0 Å². The van der Waals surface area contributed by atoms with E-state index in [0.717, 1.165) is 5.56 Å². The molecule has 1 aromatic carbocycles. The third-order valence-corrected chi connectivity index (χ3v) is 2.56. The lowest BCUT2D eigenvalue weighted by Gasteiger charge is -2.14. The van der Waals surface area contributed by atoms with Crippen molar-refractivity contribution in [3.63, 3.8) is 0 Å². The fourth-order valence-electron chi connectivity index (χ4n) is 1.56. The van der Waals surface area contributed by atoms with Crippen molar-refractivity contribution in [1.29, 1.82) is 0 Å². The van der Waals surface area contributed by atoms with Crippen LogP contribution in [0.2, 0.25) is 0 Å². The lowest BCUT2D eigenvalue weighted by molar-refractivity contribution is -0.107. The summed E-state index contributed by atoms with van der Waals surface area (Å²) in [5, 5.41) is -0.527. The molecule has 0 unspecified atom stereocenters. The van der Waals surface area contributed by atoms with Gasteiger partial charge in [0.2, 0.25) is 11.0 Å². The van der Waals surface area contributed by atoms with Crippen LogP contribution in [0.3, 0.4) is 0 Å². The Morgan fingerprint density at radius 1 is 1.11 bits per heavy atom. The molecule has 0 atom stereocenters. The van der Waals surface area contributed by atoms with Gasteiger partial charge in [-0.3, -0.25) is 4.79 Å². The minimum atomic E-state index is -0.527. The second-order valence-corrected chi connectivity index (χ2v) is 3.92. The van der Waals surface area contributed by atoms with Crippen molar-refractivity contribution in [1.82, 2.24) is 0 Å². The molecule has 1 rings (SSSR count). The van der Waals surface area contributed by atoms with E-state index in [1.54, 1.807) is 19.1 Å². The fraction of sp³-hybridized carbons (Fsp3) is 0.308. The second kappa shape index (κ2) is 6.31. The van der Waals surface area contributed by atoms with Crippen LogP contribution < -0.4 is 14.2 Å². The van der Waals surface area contributed by atoms with Crippen molar-refractivity contribution in [3.05, 3.63) is 23.8 Å². The first-order valence-electron chi connectivity index (χ1n) is 5.21. The number of rotatable bonds is 5. The number of methoxy groups -OCH3 is 3. The van der Waals surface area contributed by atoms with Gasteiger partial charge in [0, 0.05) is 6.08 Å². The van der Waals surface area contributed by atoms with Crippen LogP contribution in [0.25, 0.3) is 5.57 Å². The van der Waals surface area contributed by atoms with Crippen molar-refractivity contribution in [2.24, 2.45) is 0 Å². The molecule has 0 aliphatic rings. The van der Waals surface area contributed by atoms with E-state index in [2.05, 4.69) is 0 Å². The van der Waals surface area contributed by atoms with Crippen LogP contribution in [-0.4, -0.2) is 26.6 Å². The quantitative estimate of drug-likeness (QED) is 0.610. The van der Waals surface area contributed by atoms with E-state index in [9.17, 15) is 4.79 Å². The molecule has 0 N–H and O–H groups in total. The molecular weight excluding hydrogens is 256 g/mol. The third-order valence-electron chi connectivity index (χ3n) is 2.45. The Kier molecular flexibility index (Phi) is 5.04. The Bertz CT molecular complexity index is 455. The Morgan fingerprint density at radius 2 is 1.61 bits per heavy atom. The lowest BCUT2D eigenvalue weighted by Crippen LogP contribution is -1.96. The van der Waals surface area contributed by atoms with Gasteiger partial charge in [-0.15, -0.1) is 0 Å². The molecule has 5 heteroatoms. The Balaban J connectivity index is 3.36. The maximum Gasteiger partial charge on any atom is 0.245 e. The molecule has 0 aromatic heterocycles. The van der Waals surface area contributed by atoms with Crippen LogP contribution >= 0.6 is 11.6 Å². The van der Waals surface area contributed by atoms with Crippen LogP contribution in [-0.2, 0) is 4.79 Å². The van der Waals surface area contributed by atoms with Crippen molar-refractivity contribution in [3.8, 4) is 17.2 Å². The van der Waals surface area contributed by atoms with Gasteiger partial charge in [-0.25, -0.2) is 0 Å². The minimum Gasteiger partial charge on any atom is -0.493 e. The SMILES string of the molecule is COc1cc(C(C)=CC(=O)Cl)cc(OC)c1OC. The number of benzene rings is 1. The smallest absolute Gasteiger partial charge is 0.245 e. The molecule has 0 bridgehead atoms. The van der Waals surface area contributed by atoms with E-state index in [1.165, 1.54) is 27.4 Å². The van der Waals surface area contributed by atoms with E-state index >= 15 is 0 Å². The van der Waals surface area contributed by atoms with E-state index in [1.807, 2.05) is 0 Å². The van der Waals surface area contributed by atoms with Gasteiger partial charge < -0.3 is 14.2 Å². The zero-order valence-electron chi connectivity index (χ0n) is 10.7. The van der Waals surface area contributed by atoms with Gasteiger partial charge in [0.05, 0.1) is 21.3 Å².